The zero-order chi connectivity index (χ0) is 25.4. The fourth-order valence-corrected chi connectivity index (χ4v) is 5.84. The third-order valence-electron chi connectivity index (χ3n) is 6.18. The van der Waals surface area contributed by atoms with E-state index in [1.54, 1.807) is 36.4 Å². The Balaban J connectivity index is 1.87. The van der Waals surface area contributed by atoms with E-state index >= 15 is 0 Å². The van der Waals surface area contributed by atoms with Crippen molar-refractivity contribution in [3.63, 3.8) is 0 Å². The fraction of sp³-hybridized carbons (Fsp3) is 0.440. The largest absolute Gasteiger partial charge is 0.495 e. The summed E-state index contributed by atoms with van der Waals surface area (Å²) in [4.78, 5) is 14.6. The Kier molecular flexibility index (Phi) is 9.33. The van der Waals surface area contributed by atoms with E-state index in [1.165, 1.54) is 13.2 Å². The highest BCUT2D eigenvalue weighted by Gasteiger charge is 2.25. The van der Waals surface area contributed by atoms with Crippen molar-refractivity contribution in [1.29, 1.82) is 0 Å². The predicted molar refractivity (Wildman–Crippen MR) is 145 cm³/mol. The first-order valence-electron chi connectivity index (χ1n) is 12.0. The number of ether oxygens (including phenoxy) is 1. The van der Waals surface area contributed by atoms with Crippen LogP contribution in [0.2, 0.25) is 0 Å². The molecule has 2 aromatic carbocycles. The number of carbonyl (C=O) groups is 1. The second kappa shape index (κ2) is 12.2. The van der Waals surface area contributed by atoms with Crippen LogP contribution < -0.4 is 25.0 Å². The number of nitrogens with one attached hydrogen (secondary N) is 3. The van der Waals surface area contributed by atoms with Gasteiger partial charge in [-0.3, -0.25) is 9.52 Å². The molecule has 3 N–H and O–H groups in total. The Morgan fingerprint density at radius 1 is 1.09 bits per heavy atom. The summed E-state index contributed by atoms with van der Waals surface area (Å²) >= 11 is 5.35. The van der Waals surface area contributed by atoms with Crippen molar-refractivity contribution in [1.82, 2.24) is 5.32 Å². The van der Waals surface area contributed by atoms with E-state index in [9.17, 15) is 13.2 Å². The number of nitrogens with zero attached hydrogens (tertiary/aromatic N) is 1. The van der Waals surface area contributed by atoms with Crippen molar-refractivity contribution >= 4 is 50.3 Å². The number of amides is 1. The number of hydrogen-bond donors (Lipinski definition) is 3. The average Bonchev–Trinajstić information content (AvgIpc) is 2.86. The van der Waals surface area contributed by atoms with Crippen LogP contribution in [-0.4, -0.2) is 39.6 Å². The van der Waals surface area contributed by atoms with E-state index in [0.717, 1.165) is 32.1 Å². The minimum atomic E-state index is -3.98. The smallest absolute Gasteiger partial charge is 0.264 e. The van der Waals surface area contributed by atoms with Gasteiger partial charge in [0.25, 0.3) is 10.0 Å². The zero-order valence-electron chi connectivity index (χ0n) is 20.5. The van der Waals surface area contributed by atoms with E-state index in [4.69, 9.17) is 17.0 Å². The highest BCUT2D eigenvalue weighted by molar-refractivity contribution is 7.93. The van der Waals surface area contributed by atoms with Gasteiger partial charge in [-0.2, -0.15) is 0 Å². The van der Waals surface area contributed by atoms with Crippen molar-refractivity contribution in [2.75, 3.05) is 35.1 Å². The van der Waals surface area contributed by atoms with Gasteiger partial charge in [0.15, 0.2) is 5.11 Å². The number of carbonyl (C=O) groups excluding carboxylic acids is 1. The van der Waals surface area contributed by atoms with E-state index in [-0.39, 0.29) is 21.8 Å². The summed E-state index contributed by atoms with van der Waals surface area (Å²) in [5, 5.41) is 5.89. The molecule has 35 heavy (non-hydrogen) atoms. The standard InChI is InChI=1S/C25H34N4O4S2/c1-4-29(5-2)21-16-15-19(26-25(34)27-24(30)18-11-7-6-8-12-18)17-23(21)35(31,32)28-20-13-9-10-14-22(20)33-3/h9-10,13-18,28H,4-8,11-12H2,1-3H3,(H2,26,27,30,34). The molecular weight excluding hydrogens is 484 g/mol. The summed E-state index contributed by atoms with van der Waals surface area (Å²) in [7, 11) is -2.49. The second-order valence-electron chi connectivity index (χ2n) is 8.44. The molecular formula is C25H34N4O4S2. The zero-order valence-corrected chi connectivity index (χ0v) is 22.1. The lowest BCUT2D eigenvalue weighted by molar-refractivity contribution is -0.124. The maximum atomic E-state index is 13.5. The van der Waals surface area contributed by atoms with Gasteiger partial charge in [-0.1, -0.05) is 31.4 Å². The molecule has 10 heteroatoms. The molecule has 2 aromatic rings. The summed E-state index contributed by atoms with van der Waals surface area (Å²) in [5.41, 5.74) is 1.38. The first-order chi connectivity index (χ1) is 16.8. The number of methoxy groups -OCH3 is 1. The van der Waals surface area contributed by atoms with Gasteiger partial charge in [0.05, 0.1) is 18.5 Å². The summed E-state index contributed by atoms with van der Waals surface area (Å²) in [6.07, 6.45) is 4.98. The molecule has 0 spiro atoms. The Labute approximate surface area is 213 Å². The quantitative estimate of drug-likeness (QED) is 0.413. The number of benzene rings is 2. The van der Waals surface area contributed by atoms with Crippen molar-refractivity contribution in [3.8, 4) is 5.75 Å². The highest BCUT2D eigenvalue weighted by Crippen LogP contribution is 2.32. The average molecular weight is 519 g/mol. The molecule has 1 amide bonds. The first-order valence-corrected chi connectivity index (χ1v) is 13.8. The summed E-state index contributed by atoms with van der Waals surface area (Å²) < 4.78 is 35.0. The Morgan fingerprint density at radius 2 is 1.77 bits per heavy atom. The fourth-order valence-electron chi connectivity index (χ4n) is 4.30. The van der Waals surface area contributed by atoms with E-state index in [2.05, 4.69) is 15.4 Å². The van der Waals surface area contributed by atoms with Crippen LogP contribution >= 0.6 is 12.2 Å². The monoisotopic (exact) mass is 518 g/mol. The molecule has 0 radical (unpaired) electrons. The van der Waals surface area contributed by atoms with Gasteiger partial charge in [-0.05, 0) is 69.2 Å². The van der Waals surface area contributed by atoms with Crippen LogP contribution in [0.15, 0.2) is 47.4 Å². The molecule has 0 aromatic heterocycles. The first kappa shape index (κ1) is 26.7. The Bertz CT molecular complexity index is 1140. The highest BCUT2D eigenvalue weighted by atomic mass is 32.2. The SMILES string of the molecule is CCN(CC)c1ccc(NC(=S)NC(=O)C2CCCCC2)cc1S(=O)(=O)Nc1ccccc1OC. The molecule has 1 aliphatic carbocycles. The number of anilines is 3. The second-order valence-corrected chi connectivity index (χ2v) is 10.5. The molecule has 0 saturated heterocycles. The number of hydrogen-bond acceptors (Lipinski definition) is 6. The molecule has 0 aliphatic heterocycles. The van der Waals surface area contributed by atoms with Gasteiger partial charge in [0, 0.05) is 24.7 Å². The minimum Gasteiger partial charge on any atom is -0.495 e. The molecule has 190 valence electrons. The lowest BCUT2D eigenvalue weighted by Gasteiger charge is -2.25. The Hall–Kier alpha value is -2.85. The van der Waals surface area contributed by atoms with Crippen LogP contribution in [0.1, 0.15) is 46.0 Å². The number of sulfonamides is 1. The number of para-hydroxylation sites is 2. The van der Waals surface area contributed by atoms with Crippen LogP contribution in [0.25, 0.3) is 0 Å². The van der Waals surface area contributed by atoms with Crippen LogP contribution in [-0.2, 0) is 14.8 Å². The minimum absolute atomic E-state index is 0.0328. The lowest BCUT2D eigenvalue weighted by Crippen LogP contribution is -2.39. The van der Waals surface area contributed by atoms with Gasteiger partial charge in [-0.15, -0.1) is 0 Å². The molecule has 0 unspecified atom stereocenters. The maximum Gasteiger partial charge on any atom is 0.264 e. The summed E-state index contributed by atoms with van der Waals surface area (Å²) in [6.45, 7) is 5.21. The van der Waals surface area contributed by atoms with Crippen LogP contribution in [0, 0.1) is 5.92 Å². The van der Waals surface area contributed by atoms with Gasteiger partial charge in [0.1, 0.15) is 10.6 Å². The summed E-state index contributed by atoms with van der Waals surface area (Å²) in [6, 6.07) is 11.9. The molecule has 1 fully saturated rings. The van der Waals surface area contributed by atoms with Crippen LogP contribution in [0.5, 0.6) is 5.75 Å². The topological polar surface area (TPSA) is 99.8 Å². The van der Waals surface area contributed by atoms with Crippen LogP contribution in [0.4, 0.5) is 17.1 Å². The molecule has 1 saturated carbocycles. The van der Waals surface area contributed by atoms with Crippen molar-refractivity contribution in [2.24, 2.45) is 5.92 Å². The number of thiocarbonyl (C=S) groups is 1. The van der Waals surface area contributed by atoms with Crippen molar-refractivity contribution in [3.05, 3.63) is 42.5 Å². The molecule has 1 aliphatic rings. The van der Waals surface area contributed by atoms with Gasteiger partial charge < -0.3 is 20.3 Å². The van der Waals surface area contributed by atoms with E-state index in [0.29, 0.717) is 35.9 Å². The molecule has 0 atom stereocenters. The van der Waals surface area contributed by atoms with E-state index < -0.39 is 10.0 Å². The van der Waals surface area contributed by atoms with Crippen molar-refractivity contribution < 1.29 is 17.9 Å². The Morgan fingerprint density at radius 3 is 2.43 bits per heavy atom. The molecule has 8 nitrogen and oxygen atoms in total. The lowest BCUT2D eigenvalue weighted by atomic mass is 9.89. The van der Waals surface area contributed by atoms with Gasteiger partial charge in [0.2, 0.25) is 5.91 Å². The molecule has 0 heterocycles. The summed E-state index contributed by atoms with van der Waals surface area (Å²) in [5.74, 6) is 0.295. The normalized spacial score (nSPS) is 14.1. The number of rotatable bonds is 9. The third kappa shape index (κ3) is 6.85. The molecule has 3 rings (SSSR count). The molecule has 0 bridgehead atoms. The van der Waals surface area contributed by atoms with E-state index in [1.807, 2.05) is 18.7 Å². The predicted octanol–water partition coefficient (Wildman–Crippen LogP) is 4.74. The third-order valence-corrected chi connectivity index (χ3v) is 7.77. The van der Waals surface area contributed by atoms with Crippen LogP contribution in [0.3, 0.4) is 0 Å². The van der Waals surface area contributed by atoms with Gasteiger partial charge >= 0.3 is 0 Å². The van der Waals surface area contributed by atoms with Crippen molar-refractivity contribution in [2.45, 2.75) is 50.8 Å². The maximum absolute atomic E-state index is 13.5. The van der Waals surface area contributed by atoms with Gasteiger partial charge in [-0.25, -0.2) is 8.42 Å².